The lowest BCUT2D eigenvalue weighted by atomic mass is 9.93. The van der Waals surface area contributed by atoms with Crippen molar-refractivity contribution in [1.29, 1.82) is 0 Å². The number of nitrogens with zero attached hydrogens (tertiary/aromatic N) is 2. The summed E-state index contributed by atoms with van der Waals surface area (Å²) in [7, 11) is 0. The highest BCUT2D eigenvalue weighted by Crippen LogP contribution is 2.26. The van der Waals surface area contributed by atoms with Crippen LogP contribution in [0.2, 0.25) is 0 Å². The maximum Gasteiger partial charge on any atom is 0.158 e. The van der Waals surface area contributed by atoms with Crippen molar-refractivity contribution in [2.75, 3.05) is 13.1 Å². The quantitative estimate of drug-likeness (QED) is 0.429. The third-order valence-corrected chi connectivity index (χ3v) is 6.14. The number of aliphatic imine (C=N–C) groups is 1. The van der Waals surface area contributed by atoms with E-state index in [2.05, 4.69) is 28.9 Å². The first kappa shape index (κ1) is 25.9. The van der Waals surface area contributed by atoms with Crippen molar-refractivity contribution in [2.45, 2.75) is 39.7 Å². The van der Waals surface area contributed by atoms with E-state index in [1.165, 1.54) is 5.56 Å². The number of phenolic OH excluding ortho intramolecular Hbond substituents is 2. The summed E-state index contributed by atoms with van der Waals surface area (Å²) < 4.78 is 0. The van der Waals surface area contributed by atoms with Crippen LogP contribution in [-0.4, -0.2) is 40.2 Å². The zero-order valence-electron chi connectivity index (χ0n) is 20.7. The third-order valence-electron chi connectivity index (χ3n) is 6.14. The van der Waals surface area contributed by atoms with Crippen LogP contribution in [0.4, 0.5) is 0 Å². The molecule has 5 nitrogen and oxygen atoms in total. The zero-order chi connectivity index (χ0) is 25.2. The van der Waals surface area contributed by atoms with Gasteiger partial charge in [-0.2, -0.15) is 0 Å². The minimum Gasteiger partial charge on any atom is -0.508 e. The molecule has 0 saturated heterocycles. The van der Waals surface area contributed by atoms with Gasteiger partial charge in [0.1, 0.15) is 11.5 Å². The van der Waals surface area contributed by atoms with Gasteiger partial charge in [-0.15, -0.1) is 0 Å². The molecule has 2 N–H and O–H groups in total. The first-order valence-electron chi connectivity index (χ1n) is 11.9. The third kappa shape index (κ3) is 7.66. The molecule has 1 aliphatic rings. The van der Waals surface area contributed by atoms with Crippen molar-refractivity contribution in [3.63, 3.8) is 0 Å². The molecule has 4 rings (SSSR count). The van der Waals surface area contributed by atoms with E-state index in [9.17, 15) is 15.0 Å². The number of benzene rings is 3. The molecular weight excluding hydrogens is 436 g/mol. The highest BCUT2D eigenvalue weighted by molar-refractivity contribution is 5.94. The molecule has 0 amide bonds. The summed E-state index contributed by atoms with van der Waals surface area (Å²) in [5, 5.41) is 18.4. The lowest BCUT2D eigenvalue weighted by Crippen LogP contribution is -2.33. The Morgan fingerprint density at radius 1 is 0.943 bits per heavy atom. The molecule has 182 valence electrons. The number of hydrogen-bond donors (Lipinski definition) is 2. The fraction of sp³-hybridized carbons (Fsp3) is 0.267. The molecule has 0 fully saturated rings. The second kappa shape index (κ2) is 12.7. The van der Waals surface area contributed by atoms with E-state index >= 15 is 0 Å². The Bertz CT molecular complexity index is 1100. The molecule has 3 aromatic carbocycles. The lowest BCUT2D eigenvalue weighted by molar-refractivity contribution is -0.114. The number of aromatic hydroxyl groups is 2. The summed E-state index contributed by atoms with van der Waals surface area (Å²) in [4.78, 5) is 18.4. The van der Waals surface area contributed by atoms with Crippen LogP contribution >= 0.6 is 0 Å². The number of hydrogen-bond acceptors (Lipinski definition) is 5. The summed E-state index contributed by atoms with van der Waals surface area (Å²) in [6, 6.07) is 24.8. The summed E-state index contributed by atoms with van der Waals surface area (Å²) in [5.41, 5.74) is 5.39. The van der Waals surface area contributed by atoms with Gasteiger partial charge in [0.15, 0.2) is 5.78 Å². The van der Waals surface area contributed by atoms with Crippen molar-refractivity contribution in [1.82, 2.24) is 4.90 Å². The smallest absolute Gasteiger partial charge is 0.158 e. The summed E-state index contributed by atoms with van der Waals surface area (Å²) >= 11 is 0. The highest BCUT2D eigenvalue weighted by atomic mass is 16.3. The normalized spacial score (nSPS) is 14.2. The predicted octanol–water partition coefficient (Wildman–Crippen LogP) is 6.08. The van der Waals surface area contributed by atoms with Crippen LogP contribution < -0.4 is 0 Å². The van der Waals surface area contributed by atoms with Crippen molar-refractivity contribution >= 4 is 12.0 Å². The van der Waals surface area contributed by atoms with Crippen LogP contribution in [0.3, 0.4) is 0 Å². The van der Waals surface area contributed by atoms with Gasteiger partial charge in [0.25, 0.3) is 0 Å². The molecule has 0 bridgehead atoms. The number of ketones is 1. The zero-order valence-corrected chi connectivity index (χ0v) is 20.7. The maximum atomic E-state index is 11.7. The van der Waals surface area contributed by atoms with E-state index in [-0.39, 0.29) is 23.2 Å². The van der Waals surface area contributed by atoms with Gasteiger partial charge in [-0.05, 0) is 54.8 Å². The van der Waals surface area contributed by atoms with E-state index in [1.807, 2.05) is 49.4 Å². The Hall–Kier alpha value is -3.70. The van der Waals surface area contributed by atoms with Crippen molar-refractivity contribution < 1.29 is 15.0 Å². The molecule has 0 aliphatic carbocycles. The summed E-state index contributed by atoms with van der Waals surface area (Å²) in [6.45, 7) is 8.17. The van der Waals surface area contributed by atoms with Gasteiger partial charge in [0, 0.05) is 49.5 Å². The number of carbonyl (C=O) groups is 1. The van der Waals surface area contributed by atoms with Crippen molar-refractivity contribution in [3.8, 4) is 11.5 Å². The lowest BCUT2D eigenvalue weighted by Gasteiger charge is -2.28. The number of Topliss-reactive ketones (excluding diaryl/α,β-unsaturated/α-hetero) is 1. The molecule has 35 heavy (non-hydrogen) atoms. The van der Waals surface area contributed by atoms with E-state index < -0.39 is 0 Å². The monoisotopic (exact) mass is 470 g/mol. The predicted molar refractivity (Wildman–Crippen MR) is 142 cm³/mol. The summed E-state index contributed by atoms with van der Waals surface area (Å²) in [5.74, 6) is 0.947. The molecule has 5 heteroatoms. The van der Waals surface area contributed by atoms with Gasteiger partial charge < -0.3 is 10.2 Å². The molecule has 0 atom stereocenters. The SMILES string of the molecule is CC(c1ccc(O)cc1)c1ccc(O)cc1.CC=NC1=C(C(C)=O)CN(Cc2ccccc2)CC1. The van der Waals surface area contributed by atoms with Crippen LogP contribution in [0, 0.1) is 0 Å². The van der Waals surface area contributed by atoms with Gasteiger partial charge >= 0.3 is 0 Å². The highest BCUT2D eigenvalue weighted by Gasteiger charge is 2.21. The summed E-state index contributed by atoms with van der Waals surface area (Å²) in [6.07, 6.45) is 2.62. The van der Waals surface area contributed by atoms with Crippen LogP contribution in [0.15, 0.2) is 95.1 Å². The Morgan fingerprint density at radius 3 is 1.97 bits per heavy atom. The molecule has 1 heterocycles. The average molecular weight is 471 g/mol. The molecule has 3 aromatic rings. The Kier molecular flexibility index (Phi) is 9.39. The fourth-order valence-electron chi connectivity index (χ4n) is 4.12. The molecule has 1 aliphatic heterocycles. The van der Waals surface area contributed by atoms with Crippen molar-refractivity contribution in [2.24, 2.45) is 4.99 Å². The van der Waals surface area contributed by atoms with Crippen LogP contribution in [-0.2, 0) is 11.3 Å². The molecule has 0 spiro atoms. The molecule has 0 radical (unpaired) electrons. The van der Waals surface area contributed by atoms with E-state index in [1.54, 1.807) is 37.4 Å². The van der Waals surface area contributed by atoms with Crippen LogP contribution in [0.25, 0.3) is 0 Å². The Labute approximate surface area is 208 Å². The van der Waals surface area contributed by atoms with E-state index in [0.717, 1.165) is 41.9 Å². The first-order chi connectivity index (χ1) is 16.9. The van der Waals surface area contributed by atoms with Crippen LogP contribution in [0.5, 0.6) is 11.5 Å². The van der Waals surface area contributed by atoms with Crippen molar-refractivity contribution in [3.05, 3.63) is 107 Å². The maximum absolute atomic E-state index is 11.7. The second-order valence-corrected chi connectivity index (χ2v) is 8.72. The first-order valence-corrected chi connectivity index (χ1v) is 11.9. The second-order valence-electron chi connectivity index (χ2n) is 8.72. The van der Waals surface area contributed by atoms with Gasteiger partial charge in [0.05, 0.1) is 0 Å². The van der Waals surface area contributed by atoms with E-state index in [4.69, 9.17) is 0 Å². The van der Waals surface area contributed by atoms with Gasteiger partial charge in [-0.25, -0.2) is 0 Å². The molecular formula is C30H34N2O3. The van der Waals surface area contributed by atoms with E-state index in [0.29, 0.717) is 6.54 Å². The Balaban J connectivity index is 0.000000198. The molecule has 0 saturated carbocycles. The fourth-order valence-corrected chi connectivity index (χ4v) is 4.12. The van der Waals surface area contributed by atoms with Gasteiger partial charge in [0.2, 0.25) is 0 Å². The van der Waals surface area contributed by atoms with Gasteiger partial charge in [-0.3, -0.25) is 14.7 Å². The number of carbonyl (C=O) groups excluding carboxylic acids is 1. The minimum absolute atomic E-state index is 0.137. The topological polar surface area (TPSA) is 73.1 Å². The standard InChI is InChI=1S/C16H20N2O.C14H14O2/c1-3-17-16-9-10-18(12-15(16)13(2)19)11-14-7-5-4-6-8-14;1-10(11-2-6-13(15)7-3-11)12-4-8-14(16)9-5-12/h3-8H,9-12H2,1-2H3;2-10,15-16H,1H3. The van der Waals surface area contributed by atoms with Crippen LogP contribution in [0.1, 0.15) is 49.8 Å². The molecule has 0 aromatic heterocycles. The number of phenols is 2. The Morgan fingerprint density at radius 2 is 1.49 bits per heavy atom. The largest absolute Gasteiger partial charge is 0.508 e. The average Bonchev–Trinajstić information content (AvgIpc) is 2.86. The molecule has 0 unspecified atom stereocenters. The van der Waals surface area contributed by atoms with Gasteiger partial charge in [-0.1, -0.05) is 61.5 Å². The minimum atomic E-state index is 0.137. The number of rotatable bonds is 6.